The van der Waals surface area contributed by atoms with Crippen LogP contribution in [0.5, 0.6) is 0 Å². The second kappa shape index (κ2) is 9.35. The summed E-state index contributed by atoms with van der Waals surface area (Å²) in [5.41, 5.74) is 0. The first-order chi connectivity index (χ1) is 8.30. The lowest BCUT2D eigenvalue weighted by Gasteiger charge is -2.36. The van der Waals surface area contributed by atoms with Crippen molar-refractivity contribution in [2.45, 2.75) is 39.5 Å². The molecule has 0 aromatic rings. The Morgan fingerprint density at radius 2 is 1.71 bits per heavy atom. The first-order valence-corrected chi connectivity index (χ1v) is 8.43. The average Bonchev–Trinajstić information content (AvgIpc) is 2.37. The standard InChI is InChI=1S/C14H29BrN2/c1-3-5-6-14(4-2)13-17-11-9-16(8-7-15)10-12-17/h14H,3-13H2,1-2H3. The first-order valence-electron chi connectivity index (χ1n) is 7.30. The van der Waals surface area contributed by atoms with Gasteiger partial charge >= 0.3 is 0 Å². The molecule has 1 heterocycles. The zero-order valence-electron chi connectivity index (χ0n) is 11.6. The Hall–Kier alpha value is 0.400. The lowest BCUT2D eigenvalue weighted by atomic mass is 9.98. The summed E-state index contributed by atoms with van der Waals surface area (Å²) in [6, 6.07) is 0. The largest absolute Gasteiger partial charge is 0.301 e. The fourth-order valence-electron chi connectivity index (χ4n) is 2.60. The summed E-state index contributed by atoms with van der Waals surface area (Å²) in [7, 11) is 0. The van der Waals surface area contributed by atoms with Crippen LogP contribution < -0.4 is 0 Å². The van der Waals surface area contributed by atoms with E-state index in [9.17, 15) is 0 Å². The molecule has 0 spiro atoms. The van der Waals surface area contributed by atoms with E-state index in [0.717, 1.165) is 11.2 Å². The summed E-state index contributed by atoms with van der Waals surface area (Å²) in [5, 5.41) is 1.11. The lowest BCUT2D eigenvalue weighted by Crippen LogP contribution is -2.48. The number of halogens is 1. The van der Waals surface area contributed by atoms with Crippen LogP contribution in [0, 0.1) is 5.92 Å². The smallest absolute Gasteiger partial charge is 0.0159 e. The van der Waals surface area contributed by atoms with E-state index in [2.05, 4.69) is 39.6 Å². The normalized spacial score (nSPS) is 20.6. The number of rotatable bonds is 8. The van der Waals surface area contributed by atoms with Crippen molar-refractivity contribution >= 4 is 15.9 Å². The van der Waals surface area contributed by atoms with Gasteiger partial charge in [0, 0.05) is 44.6 Å². The molecule has 0 aromatic heterocycles. The van der Waals surface area contributed by atoms with Crippen LogP contribution in [0.2, 0.25) is 0 Å². The fraction of sp³-hybridized carbons (Fsp3) is 1.00. The van der Waals surface area contributed by atoms with Crippen molar-refractivity contribution in [3.8, 4) is 0 Å². The molecule has 102 valence electrons. The maximum absolute atomic E-state index is 3.52. The van der Waals surface area contributed by atoms with E-state index in [4.69, 9.17) is 0 Å². The molecule has 0 aliphatic carbocycles. The molecular weight excluding hydrogens is 276 g/mol. The quantitative estimate of drug-likeness (QED) is 0.635. The minimum absolute atomic E-state index is 0.928. The van der Waals surface area contributed by atoms with Gasteiger partial charge in [-0.15, -0.1) is 0 Å². The molecule has 1 saturated heterocycles. The van der Waals surface area contributed by atoms with E-state index in [1.54, 1.807) is 0 Å². The molecule has 1 unspecified atom stereocenters. The number of alkyl halides is 1. The van der Waals surface area contributed by atoms with Gasteiger partial charge in [-0.05, 0) is 12.3 Å². The average molecular weight is 305 g/mol. The van der Waals surface area contributed by atoms with Crippen molar-refractivity contribution < 1.29 is 0 Å². The molecule has 1 rings (SSSR count). The van der Waals surface area contributed by atoms with Gasteiger partial charge in [0.05, 0.1) is 0 Å². The fourth-order valence-corrected chi connectivity index (χ4v) is 3.10. The molecule has 1 aliphatic heterocycles. The number of hydrogen-bond acceptors (Lipinski definition) is 2. The van der Waals surface area contributed by atoms with E-state index >= 15 is 0 Å². The molecule has 1 aliphatic rings. The van der Waals surface area contributed by atoms with Crippen LogP contribution in [0.3, 0.4) is 0 Å². The molecule has 0 amide bonds. The Morgan fingerprint density at radius 3 is 2.24 bits per heavy atom. The molecule has 1 atom stereocenters. The molecule has 17 heavy (non-hydrogen) atoms. The Kier molecular flexibility index (Phi) is 8.50. The van der Waals surface area contributed by atoms with Gasteiger partial charge in [0.15, 0.2) is 0 Å². The topological polar surface area (TPSA) is 6.48 Å². The van der Waals surface area contributed by atoms with Gasteiger partial charge < -0.3 is 4.90 Å². The van der Waals surface area contributed by atoms with E-state index < -0.39 is 0 Å². The van der Waals surface area contributed by atoms with Crippen molar-refractivity contribution in [3.63, 3.8) is 0 Å². The van der Waals surface area contributed by atoms with Crippen molar-refractivity contribution in [1.29, 1.82) is 0 Å². The van der Waals surface area contributed by atoms with Gasteiger partial charge in [-0.25, -0.2) is 0 Å². The highest BCUT2D eigenvalue weighted by molar-refractivity contribution is 9.09. The minimum atomic E-state index is 0.928. The van der Waals surface area contributed by atoms with Gasteiger partial charge in [0.25, 0.3) is 0 Å². The molecule has 0 N–H and O–H groups in total. The van der Waals surface area contributed by atoms with Crippen LogP contribution in [0.4, 0.5) is 0 Å². The highest BCUT2D eigenvalue weighted by Gasteiger charge is 2.18. The summed E-state index contributed by atoms with van der Waals surface area (Å²) in [4.78, 5) is 5.24. The second-order valence-electron chi connectivity index (χ2n) is 5.25. The molecule has 0 aromatic carbocycles. The van der Waals surface area contributed by atoms with Crippen LogP contribution >= 0.6 is 15.9 Å². The predicted molar refractivity (Wildman–Crippen MR) is 80.0 cm³/mol. The van der Waals surface area contributed by atoms with Crippen LogP contribution in [0.1, 0.15) is 39.5 Å². The third-order valence-corrected chi connectivity index (χ3v) is 4.28. The molecule has 1 fully saturated rings. The third kappa shape index (κ3) is 6.21. The molecule has 2 nitrogen and oxygen atoms in total. The van der Waals surface area contributed by atoms with Crippen LogP contribution in [-0.4, -0.2) is 54.4 Å². The summed E-state index contributed by atoms with van der Waals surface area (Å²) >= 11 is 3.52. The summed E-state index contributed by atoms with van der Waals surface area (Å²) in [6.45, 7) is 12.3. The van der Waals surface area contributed by atoms with E-state index in [-0.39, 0.29) is 0 Å². The second-order valence-corrected chi connectivity index (χ2v) is 6.04. The Bertz CT molecular complexity index is 179. The summed E-state index contributed by atoms with van der Waals surface area (Å²) < 4.78 is 0. The van der Waals surface area contributed by atoms with Crippen molar-refractivity contribution in [1.82, 2.24) is 9.80 Å². The van der Waals surface area contributed by atoms with Crippen molar-refractivity contribution in [2.24, 2.45) is 5.92 Å². The summed E-state index contributed by atoms with van der Waals surface area (Å²) in [5.74, 6) is 0.928. The maximum Gasteiger partial charge on any atom is 0.0159 e. The zero-order valence-corrected chi connectivity index (χ0v) is 13.2. The number of hydrogen-bond donors (Lipinski definition) is 0. The van der Waals surface area contributed by atoms with E-state index in [1.807, 2.05) is 0 Å². The Balaban J connectivity index is 2.19. The zero-order chi connectivity index (χ0) is 12.5. The van der Waals surface area contributed by atoms with Crippen molar-refractivity contribution in [3.05, 3.63) is 0 Å². The van der Waals surface area contributed by atoms with Gasteiger partial charge in [0.1, 0.15) is 0 Å². The lowest BCUT2D eigenvalue weighted by molar-refractivity contribution is 0.119. The number of nitrogens with zero attached hydrogens (tertiary/aromatic N) is 2. The Labute approximate surface area is 116 Å². The van der Waals surface area contributed by atoms with Gasteiger partial charge in [-0.3, -0.25) is 4.90 Å². The molecule has 3 heteroatoms. The van der Waals surface area contributed by atoms with E-state index in [0.29, 0.717) is 0 Å². The highest BCUT2D eigenvalue weighted by Crippen LogP contribution is 2.15. The van der Waals surface area contributed by atoms with Gasteiger partial charge in [0.2, 0.25) is 0 Å². The predicted octanol–water partition coefficient (Wildman–Crippen LogP) is 3.22. The van der Waals surface area contributed by atoms with Crippen LogP contribution in [0.25, 0.3) is 0 Å². The Morgan fingerprint density at radius 1 is 1.06 bits per heavy atom. The highest BCUT2D eigenvalue weighted by atomic mass is 79.9. The molecule has 0 saturated carbocycles. The summed E-state index contributed by atoms with van der Waals surface area (Å²) in [6.07, 6.45) is 5.52. The number of piperazine rings is 1. The molecule has 0 radical (unpaired) electrons. The van der Waals surface area contributed by atoms with Gasteiger partial charge in [-0.2, -0.15) is 0 Å². The van der Waals surface area contributed by atoms with Crippen LogP contribution in [-0.2, 0) is 0 Å². The SMILES string of the molecule is CCCCC(CC)CN1CCN(CCBr)CC1. The van der Waals surface area contributed by atoms with Crippen LogP contribution in [0.15, 0.2) is 0 Å². The molecule has 0 bridgehead atoms. The van der Waals surface area contributed by atoms with Crippen molar-refractivity contribution in [2.75, 3.05) is 44.6 Å². The number of unbranched alkanes of at least 4 members (excludes halogenated alkanes) is 1. The molecular formula is C14H29BrN2. The van der Waals surface area contributed by atoms with E-state index in [1.165, 1.54) is 65.0 Å². The monoisotopic (exact) mass is 304 g/mol. The minimum Gasteiger partial charge on any atom is -0.301 e. The maximum atomic E-state index is 3.52. The van der Waals surface area contributed by atoms with Gasteiger partial charge in [-0.1, -0.05) is 49.0 Å². The third-order valence-electron chi connectivity index (χ3n) is 3.93. The first kappa shape index (κ1) is 15.5.